The summed E-state index contributed by atoms with van der Waals surface area (Å²) in [4.78, 5) is 4.13. The van der Waals surface area contributed by atoms with Crippen LogP contribution in [0.25, 0.3) is 0 Å². The first-order chi connectivity index (χ1) is 7.72. The van der Waals surface area contributed by atoms with Crippen molar-refractivity contribution in [3.05, 3.63) is 29.8 Å². The molecular weight excluding hydrogens is 203 g/mol. The van der Waals surface area contributed by atoms with Crippen molar-refractivity contribution in [2.24, 2.45) is 5.92 Å². The van der Waals surface area contributed by atoms with Crippen LogP contribution in [0.5, 0.6) is 0 Å². The van der Waals surface area contributed by atoms with Crippen molar-refractivity contribution in [3.8, 4) is 0 Å². The summed E-state index contributed by atoms with van der Waals surface area (Å²) >= 11 is 0. The van der Waals surface area contributed by atoms with E-state index in [0.717, 1.165) is 19.3 Å². The molecule has 0 saturated carbocycles. The summed E-state index contributed by atoms with van der Waals surface area (Å²) in [7, 11) is 1.86. The molecular formula is C13H21FN2. The van der Waals surface area contributed by atoms with Crippen molar-refractivity contribution in [2.45, 2.75) is 39.2 Å². The lowest BCUT2D eigenvalue weighted by atomic mass is 9.93. The number of halogens is 1. The van der Waals surface area contributed by atoms with Gasteiger partial charge in [-0.2, -0.15) is 0 Å². The fourth-order valence-corrected chi connectivity index (χ4v) is 1.98. The zero-order valence-corrected chi connectivity index (χ0v) is 10.3. The van der Waals surface area contributed by atoms with Gasteiger partial charge in [-0.1, -0.05) is 26.7 Å². The van der Waals surface area contributed by atoms with E-state index in [-0.39, 0.29) is 11.9 Å². The van der Waals surface area contributed by atoms with E-state index >= 15 is 0 Å². The zero-order chi connectivity index (χ0) is 12.0. The van der Waals surface area contributed by atoms with Gasteiger partial charge in [-0.05, 0) is 31.5 Å². The zero-order valence-electron chi connectivity index (χ0n) is 10.3. The molecule has 0 aliphatic heterocycles. The van der Waals surface area contributed by atoms with Crippen molar-refractivity contribution in [3.63, 3.8) is 0 Å². The lowest BCUT2D eigenvalue weighted by Crippen LogP contribution is -2.21. The first kappa shape index (κ1) is 13.1. The predicted molar refractivity (Wildman–Crippen MR) is 64.7 cm³/mol. The molecule has 0 radical (unpaired) electrons. The number of rotatable bonds is 6. The highest BCUT2D eigenvalue weighted by Gasteiger charge is 2.18. The fraction of sp³-hybridized carbons (Fsp3) is 0.615. The number of pyridine rings is 1. The molecule has 0 amide bonds. The summed E-state index contributed by atoms with van der Waals surface area (Å²) in [6, 6.07) is 3.12. The molecule has 0 aliphatic rings. The molecule has 0 aliphatic carbocycles. The van der Waals surface area contributed by atoms with Gasteiger partial charge in [0.05, 0.1) is 11.7 Å². The van der Waals surface area contributed by atoms with Crippen molar-refractivity contribution in [1.29, 1.82) is 0 Å². The minimum Gasteiger partial charge on any atom is -0.312 e. The van der Waals surface area contributed by atoms with Crippen LogP contribution in [0.1, 0.15) is 44.8 Å². The second-order valence-electron chi connectivity index (χ2n) is 4.13. The number of nitrogens with zero attached hydrogens (tertiary/aromatic N) is 1. The van der Waals surface area contributed by atoms with Gasteiger partial charge in [0.1, 0.15) is 5.82 Å². The Morgan fingerprint density at radius 3 is 2.56 bits per heavy atom. The quantitative estimate of drug-likeness (QED) is 0.802. The van der Waals surface area contributed by atoms with Gasteiger partial charge >= 0.3 is 0 Å². The maximum absolute atomic E-state index is 13.6. The van der Waals surface area contributed by atoms with Crippen LogP contribution in [0.2, 0.25) is 0 Å². The molecule has 2 nitrogen and oxygen atoms in total. The predicted octanol–water partition coefficient (Wildman–Crippen LogP) is 3.31. The average Bonchev–Trinajstić information content (AvgIpc) is 2.32. The van der Waals surface area contributed by atoms with E-state index in [1.165, 1.54) is 6.07 Å². The van der Waals surface area contributed by atoms with Crippen molar-refractivity contribution in [2.75, 3.05) is 7.05 Å². The minimum atomic E-state index is -0.215. The Labute approximate surface area is 97.3 Å². The van der Waals surface area contributed by atoms with Gasteiger partial charge in [0.15, 0.2) is 0 Å². The summed E-state index contributed by atoms with van der Waals surface area (Å²) in [5.74, 6) is 0.409. The van der Waals surface area contributed by atoms with E-state index < -0.39 is 0 Å². The third kappa shape index (κ3) is 3.27. The second-order valence-corrected chi connectivity index (χ2v) is 4.13. The minimum absolute atomic E-state index is 0.0195. The molecule has 0 bridgehead atoms. The topological polar surface area (TPSA) is 24.9 Å². The third-order valence-electron chi connectivity index (χ3n) is 3.19. The second kappa shape index (κ2) is 6.59. The molecule has 1 unspecified atom stereocenters. The maximum atomic E-state index is 13.6. The molecule has 3 heteroatoms. The number of nitrogens with one attached hydrogen (secondary N) is 1. The van der Waals surface area contributed by atoms with Crippen molar-refractivity contribution >= 4 is 0 Å². The largest absolute Gasteiger partial charge is 0.312 e. The molecule has 1 aromatic rings. The van der Waals surface area contributed by atoms with E-state index in [1.54, 1.807) is 12.3 Å². The molecule has 90 valence electrons. The Morgan fingerprint density at radius 2 is 2.06 bits per heavy atom. The molecule has 1 rings (SSSR count). The van der Waals surface area contributed by atoms with Gasteiger partial charge < -0.3 is 5.32 Å². The average molecular weight is 224 g/mol. The van der Waals surface area contributed by atoms with Crippen molar-refractivity contribution in [1.82, 2.24) is 10.3 Å². The summed E-state index contributed by atoms with van der Waals surface area (Å²) in [6.07, 6.45) is 4.85. The van der Waals surface area contributed by atoms with Crippen LogP contribution in [0.4, 0.5) is 4.39 Å². The molecule has 1 N–H and O–H groups in total. The van der Waals surface area contributed by atoms with Crippen LogP contribution in [0.15, 0.2) is 18.3 Å². The highest BCUT2D eigenvalue weighted by Crippen LogP contribution is 2.25. The lowest BCUT2D eigenvalue weighted by Gasteiger charge is -2.21. The first-order valence-corrected chi connectivity index (χ1v) is 6.00. The Morgan fingerprint density at radius 1 is 1.38 bits per heavy atom. The maximum Gasteiger partial charge on any atom is 0.146 e. The highest BCUT2D eigenvalue weighted by atomic mass is 19.1. The molecule has 16 heavy (non-hydrogen) atoms. The number of hydrogen-bond donors (Lipinski definition) is 1. The summed E-state index contributed by atoms with van der Waals surface area (Å²) in [5.41, 5.74) is 0.539. The van der Waals surface area contributed by atoms with E-state index in [1.807, 2.05) is 7.05 Å². The normalized spacial score (nSPS) is 13.1. The van der Waals surface area contributed by atoms with Crippen LogP contribution < -0.4 is 5.32 Å². The number of aromatic nitrogens is 1. The SMILES string of the molecule is CCC(CC)CC(NC)c1ncccc1F. The first-order valence-electron chi connectivity index (χ1n) is 6.00. The smallest absolute Gasteiger partial charge is 0.146 e. The summed E-state index contributed by atoms with van der Waals surface area (Å²) in [5, 5.41) is 3.16. The van der Waals surface area contributed by atoms with Gasteiger partial charge in [0.2, 0.25) is 0 Å². The Balaban J connectivity index is 2.78. The summed E-state index contributed by atoms with van der Waals surface area (Å²) < 4.78 is 13.6. The van der Waals surface area contributed by atoms with Gasteiger partial charge in [-0.25, -0.2) is 4.39 Å². The van der Waals surface area contributed by atoms with Gasteiger partial charge in [0, 0.05) is 6.20 Å². The standard InChI is InChI=1S/C13H21FN2/c1-4-10(5-2)9-12(15-3)13-11(14)7-6-8-16-13/h6-8,10,12,15H,4-5,9H2,1-3H3. The Hall–Kier alpha value is -0.960. The van der Waals surface area contributed by atoms with Crippen LogP contribution in [0.3, 0.4) is 0 Å². The molecule has 0 saturated heterocycles. The van der Waals surface area contributed by atoms with Crippen LogP contribution in [-0.2, 0) is 0 Å². The van der Waals surface area contributed by atoms with Crippen LogP contribution >= 0.6 is 0 Å². The monoisotopic (exact) mass is 224 g/mol. The van der Waals surface area contributed by atoms with E-state index in [9.17, 15) is 4.39 Å². The van der Waals surface area contributed by atoms with E-state index in [4.69, 9.17) is 0 Å². The van der Waals surface area contributed by atoms with Gasteiger partial charge in [-0.15, -0.1) is 0 Å². The summed E-state index contributed by atoms with van der Waals surface area (Å²) in [6.45, 7) is 4.35. The number of hydrogen-bond acceptors (Lipinski definition) is 2. The third-order valence-corrected chi connectivity index (χ3v) is 3.19. The molecule has 1 atom stereocenters. The van der Waals surface area contributed by atoms with Gasteiger partial charge in [0.25, 0.3) is 0 Å². The van der Waals surface area contributed by atoms with Gasteiger partial charge in [-0.3, -0.25) is 4.98 Å². The molecule has 1 aromatic heterocycles. The molecule has 0 fully saturated rings. The lowest BCUT2D eigenvalue weighted by molar-refractivity contribution is 0.372. The fourth-order valence-electron chi connectivity index (χ4n) is 1.98. The van der Waals surface area contributed by atoms with E-state index in [2.05, 4.69) is 24.1 Å². The Kier molecular flexibility index (Phi) is 5.39. The van der Waals surface area contributed by atoms with Crippen molar-refractivity contribution < 1.29 is 4.39 Å². The molecule has 0 spiro atoms. The molecule has 1 heterocycles. The highest BCUT2D eigenvalue weighted by molar-refractivity contribution is 5.11. The molecule has 0 aromatic carbocycles. The Bertz CT molecular complexity index is 311. The van der Waals surface area contributed by atoms with E-state index in [0.29, 0.717) is 11.6 Å². The van der Waals surface area contributed by atoms with Crippen LogP contribution in [0, 0.1) is 11.7 Å². The van der Waals surface area contributed by atoms with Crippen LogP contribution in [-0.4, -0.2) is 12.0 Å².